The van der Waals surface area contributed by atoms with Crippen LogP contribution in [0.25, 0.3) is 0 Å². The Balaban J connectivity index is 3.92. The molecule has 0 atom stereocenters. The van der Waals surface area contributed by atoms with Gasteiger partial charge < -0.3 is 19.9 Å². The molecule has 2 amide bonds. The van der Waals surface area contributed by atoms with Crippen molar-refractivity contribution in [3.05, 3.63) is 0 Å². The second-order valence-electron chi connectivity index (χ2n) is 4.44. The molecule has 0 aliphatic rings. The minimum absolute atomic E-state index is 0.0890. The van der Waals surface area contributed by atoms with E-state index in [4.69, 9.17) is 4.74 Å². The number of carbonyl (C=O) groups is 2. The summed E-state index contributed by atoms with van der Waals surface area (Å²) in [6, 6.07) is 0. The molecule has 18 heavy (non-hydrogen) atoms. The van der Waals surface area contributed by atoms with Gasteiger partial charge in [-0.15, -0.1) is 0 Å². The number of amides is 2. The maximum absolute atomic E-state index is 11.6. The zero-order chi connectivity index (χ0) is 14.0. The monoisotopic (exact) mass is 259 g/mol. The summed E-state index contributed by atoms with van der Waals surface area (Å²) in [6.45, 7) is 4.10. The Hall–Kier alpha value is -1.14. The quantitative estimate of drug-likeness (QED) is 0.570. The first-order valence-electron chi connectivity index (χ1n) is 6.13. The minimum atomic E-state index is -0.121. The molecule has 0 fully saturated rings. The first-order chi connectivity index (χ1) is 8.47. The Morgan fingerprint density at radius 3 is 2.39 bits per heavy atom. The topological polar surface area (TPSA) is 61.9 Å². The molecule has 6 heteroatoms. The van der Waals surface area contributed by atoms with Gasteiger partial charge in [0.25, 0.3) is 0 Å². The van der Waals surface area contributed by atoms with Crippen molar-refractivity contribution in [1.29, 1.82) is 0 Å². The van der Waals surface area contributed by atoms with Crippen LogP contribution in [0.5, 0.6) is 0 Å². The van der Waals surface area contributed by atoms with Gasteiger partial charge in [-0.1, -0.05) is 0 Å². The molecule has 0 bridgehead atoms. The Bertz CT molecular complexity index is 257. The average Bonchev–Trinajstić information content (AvgIpc) is 2.27. The predicted octanol–water partition coefficient (Wildman–Crippen LogP) is -0.451. The Kier molecular flexibility index (Phi) is 9.22. The molecule has 0 rings (SSSR count). The van der Waals surface area contributed by atoms with Crippen molar-refractivity contribution < 1.29 is 14.3 Å². The van der Waals surface area contributed by atoms with Crippen LogP contribution in [0.3, 0.4) is 0 Å². The highest BCUT2D eigenvalue weighted by atomic mass is 16.5. The molecule has 0 heterocycles. The lowest BCUT2D eigenvalue weighted by atomic mass is 10.3. The first kappa shape index (κ1) is 16.9. The number of rotatable bonds is 9. The van der Waals surface area contributed by atoms with Gasteiger partial charge in [0.15, 0.2) is 0 Å². The molecule has 0 spiro atoms. The van der Waals surface area contributed by atoms with Gasteiger partial charge in [-0.2, -0.15) is 0 Å². The van der Waals surface area contributed by atoms with Crippen LogP contribution < -0.4 is 5.32 Å². The van der Waals surface area contributed by atoms with Crippen molar-refractivity contribution >= 4 is 11.8 Å². The highest BCUT2D eigenvalue weighted by Gasteiger charge is 2.12. The summed E-state index contributed by atoms with van der Waals surface area (Å²) in [6.07, 6.45) is 0.737. The number of hydrogen-bond acceptors (Lipinski definition) is 4. The molecule has 0 saturated carbocycles. The summed E-state index contributed by atoms with van der Waals surface area (Å²) in [5, 5.41) is 2.78. The summed E-state index contributed by atoms with van der Waals surface area (Å²) >= 11 is 0. The second-order valence-corrected chi connectivity index (χ2v) is 4.44. The van der Waals surface area contributed by atoms with Crippen LogP contribution in [0.4, 0.5) is 0 Å². The van der Waals surface area contributed by atoms with Gasteiger partial charge in [0.2, 0.25) is 11.8 Å². The maximum atomic E-state index is 11.6. The summed E-state index contributed by atoms with van der Waals surface area (Å²) in [5.74, 6) is -0.210. The largest absolute Gasteiger partial charge is 0.385 e. The number of carbonyl (C=O) groups excluding carboxylic acids is 2. The summed E-state index contributed by atoms with van der Waals surface area (Å²) in [7, 11) is 5.50. The lowest BCUT2D eigenvalue weighted by molar-refractivity contribution is -0.134. The molecule has 106 valence electrons. The van der Waals surface area contributed by atoms with E-state index >= 15 is 0 Å². The second kappa shape index (κ2) is 9.85. The van der Waals surface area contributed by atoms with Crippen molar-refractivity contribution in [3.63, 3.8) is 0 Å². The molecule has 0 aromatic heterocycles. The van der Waals surface area contributed by atoms with Crippen LogP contribution in [-0.4, -0.2) is 75.6 Å². The van der Waals surface area contributed by atoms with E-state index in [1.165, 1.54) is 11.8 Å². The molecular weight excluding hydrogens is 234 g/mol. The smallest absolute Gasteiger partial charge is 0.239 e. The van der Waals surface area contributed by atoms with Crippen LogP contribution >= 0.6 is 0 Å². The van der Waals surface area contributed by atoms with Crippen LogP contribution in [0.1, 0.15) is 13.3 Å². The van der Waals surface area contributed by atoms with E-state index in [0.717, 1.165) is 13.0 Å². The van der Waals surface area contributed by atoms with E-state index < -0.39 is 0 Å². The van der Waals surface area contributed by atoms with Crippen molar-refractivity contribution in [3.8, 4) is 0 Å². The van der Waals surface area contributed by atoms with E-state index in [0.29, 0.717) is 19.7 Å². The number of ether oxygens (including phenoxy) is 1. The maximum Gasteiger partial charge on any atom is 0.239 e. The molecule has 0 unspecified atom stereocenters. The fourth-order valence-corrected chi connectivity index (χ4v) is 1.40. The van der Waals surface area contributed by atoms with Gasteiger partial charge >= 0.3 is 0 Å². The van der Waals surface area contributed by atoms with E-state index in [-0.39, 0.29) is 18.4 Å². The van der Waals surface area contributed by atoms with E-state index in [1.807, 2.05) is 19.0 Å². The number of likely N-dealkylation sites (N-methyl/N-ethyl adjacent to an activating group) is 1. The van der Waals surface area contributed by atoms with Crippen LogP contribution in [0.2, 0.25) is 0 Å². The SMILES string of the molecule is COCCCN(CC(=O)NCCN(C)C)C(C)=O. The van der Waals surface area contributed by atoms with Crippen LogP contribution in [0.15, 0.2) is 0 Å². The lowest BCUT2D eigenvalue weighted by Gasteiger charge is -2.20. The van der Waals surface area contributed by atoms with Gasteiger partial charge in [-0.25, -0.2) is 0 Å². The molecule has 1 N–H and O–H groups in total. The summed E-state index contributed by atoms with van der Waals surface area (Å²) in [4.78, 5) is 26.5. The predicted molar refractivity (Wildman–Crippen MR) is 70.3 cm³/mol. The molecule has 0 radical (unpaired) electrons. The van der Waals surface area contributed by atoms with Crippen LogP contribution in [-0.2, 0) is 14.3 Å². The standard InChI is InChI=1S/C12H25N3O3/c1-11(16)15(7-5-9-18-4)10-12(17)13-6-8-14(2)3/h5-10H2,1-4H3,(H,13,17). The molecule has 0 aliphatic carbocycles. The van der Waals surface area contributed by atoms with Gasteiger partial charge in [-0.3, -0.25) is 9.59 Å². The minimum Gasteiger partial charge on any atom is -0.385 e. The van der Waals surface area contributed by atoms with E-state index in [1.54, 1.807) is 7.11 Å². The first-order valence-corrected chi connectivity index (χ1v) is 6.13. The molecule has 0 saturated heterocycles. The van der Waals surface area contributed by atoms with E-state index in [2.05, 4.69) is 5.32 Å². The highest BCUT2D eigenvalue weighted by molar-refractivity contribution is 5.83. The number of hydrogen-bond donors (Lipinski definition) is 1. The Morgan fingerprint density at radius 2 is 1.89 bits per heavy atom. The molecule has 6 nitrogen and oxygen atoms in total. The number of nitrogens with zero attached hydrogens (tertiary/aromatic N) is 2. The zero-order valence-corrected chi connectivity index (χ0v) is 11.9. The van der Waals surface area contributed by atoms with Crippen molar-refractivity contribution in [2.24, 2.45) is 0 Å². The molecular formula is C12H25N3O3. The normalized spacial score (nSPS) is 10.5. The Labute approximate surface area is 109 Å². The third-order valence-corrected chi connectivity index (χ3v) is 2.44. The lowest BCUT2D eigenvalue weighted by Crippen LogP contribution is -2.42. The van der Waals surface area contributed by atoms with Crippen molar-refractivity contribution in [1.82, 2.24) is 15.1 Å². The summed E-state index contributed by atoms with van der Waals surface area (Å²) in [5.41, 5.74) is 0. The number of methoxy groups -OCH3 is 1. The fraction of sp³-hybridized carbons (Fsp3) is 0.833. The van der Waals surface area contributed by atoms with Crippen LogP contribution in [0, 0.1) is 0 Å². The summed E-state index contributed by atoms with van der Waals surface area (Å²) < 4.78 is 4.92. The van der Waals surface area contributed by atoms with Crippen molar-refractivity contribution in [2.75, 3.05) is 54.0 Å². The van der Waals surface area contributed by atoms with Gasteiger partial charge in [0, 0.05) is 40.3 Å². The molecule has 0 aliphatic heterocycles. The molecule has 0 aromatic carbocycles. The molecule has 0 aromatic rings. The van der Waals surface area contributed by atoms with E-state index in [9.17, 15) is 9.59 Å². The van der Waals surface area contributed by atoms with Crippen molar-refractivity contribution in [2.45, 2.75) is 13.3 Å². The van der Waals surface area contributed by atoms with Gasteiger partial charge in [0.05, 0.1) is 6.54 Å². The number of nitrogens with one attached hydrogen (secondary N) is 1. The third kappa shape index (κ3) is 8.95. The Morgan fingerprint density at radius 1 is 1.22 bits per heavy atom. The average molecular weight is 259 g/mol. The fourth-order valence-electron chi connectivity index (χ4n) is 1.40. The van der Waals surface area contributed by atoms with Gasteiger partial charge in [0.1, 0.15) is 0 Å². The zero-order valence-electron chi connectivity index (χ0n) is 11.9. The highest BCUT2D eigenvalue weighted by Crippen LogP contribution is 1.93. The third-order valence-electron chi connectivity index (χ3n) is 2.44. The van der Waals surface area contributed by atoms with Gasteiger partial charge in [-0.05, 0) is 20.5 Å².